The number of nitrogens with zero attached hydrogens (tertiary/aromatic N) is 2. The molecule has 34 heavy (non-hydrogen) atoms. The number of benzene rings is 3. The molecule has 0 bridgehead atoms. The van der Waals surface area contributed by atoms with Gasteiger partial charge in [-0.1, -0.05) is 48.6 Å². The third kappa shape index (κ3) is 3.86. The summed E-state index contributed by atoms with van der Waals surface area (Å²) in [5.74, 6) is -0.705. The zero-order valence-electron chi connectivity index (χ0n) is 18.4. The molecule has 2 heterocycles. The number of sulfone groups is 1. The number of thiazole rings is 1. The van der Waals surface area contributed by atoms with Crippen molar-refractivity contribution in [3.63, 3.8) is 0 Å². The summed E-state index contributed by atoms with van der Waals surface area (Å²) in [6.07, 6.45) is 1.94. The summed E-state index contributed by atoms with van der Waals surface area (Å²) in [6, 6.07) is 17.6. The molecule has 7 nitrogen and oxygen atoms in total. The number of carbonyl (C=O) groups excluding carboxylic acids is 1. The van der Waals surface area contributed by atoms with Crippen LogP contribution in [0.5, 0.6) is 0 Å². The maximum atomic E-state index is 13.1. The van der Waals surface area contributed by atoms with Gasteiger partial charge in [0.1, 0.15) is 11.1 Å². The highest BCUT2D eigenvalue weighted by atomic mass is 32.2. The number of amides is 1. The number of hydrogen-bond acceptors (Lipinski definition) is 6. The Labute approximate surface area is 198 Å². The van der Waals surface area contributed by atoms with Crippen LogP contribution in [-0.4, -0.2) is 25.1 Å². The largest absolute Gasteiger partial charge is 0.422 e. The summed E-state index contributed by atoms with van der Waals surface area (Å²) in [4.78, 5) is 30.6. The Kier molecular flexibility index (Phi) is 5.45. The Bertz CT molecular complexity index is 1840. The summed E-state index contributed by atoms with van der Waals surface area (Å²) >= 11 is 1.21. The van der Waals surface area contributed by atoms with Gasteiger partial charge in [-0.3, -0.25) is 4.79 Å². The number of hydrogen-bond donors (Lipinski definition) is 0. The van der Waals surface area contributed by atoms with Crippen molar-refractivity contribution in [2.24, 2.45) is 4.99 Å². The van der Waals surface area contributed by atoms with Crippen molar-refractivity contribution in [3.05, 3.63) is 81.4 Å². The molecule has 0 aliphatic carbocycles. The number of rotatable bonds is 4. The van der Waals surface area contributed by atoms with E-state index in [-0.39, 0.29) is 10.5 Å². The molecule has 0 saturated heterocycles. The number of aryl methyl sites for hydroxylation is 1. The smallest absolute Gasteiger partial charge is 0.349 e. The van der Waals surface area contributed by atoms with Crippen molar-refractivity contribution in [2.45, 2.75) is 24.8 Å². The van der Waals surface area contributed by atoms with E-state index in [9.17, 15) is 18.0 Å². The summed E-state index contributed by atoms with van der Waals surface area (Å²) < 4.78 is 31.9. The monoisotopic (exact) mass is 492 g/mol. The van der Waals surface area contributed by atoms with Crippen LogP contribution in [0.25, 0.3) is 32.0 Å². The minimum Gasteiger partial charge on any atom is -0.422 e. The van der Waals surface area contributed by atoms with Gasteiger partial charge in [-0.2, -0.15) is 4.99 Å². The van der Waals surface area contributed by atoms with E-state index < -0.39 is 21.4 Å². The van der Waals surface area contributed by atoms with Crippen molar-refractivity contribution in [3.8, 4) is 0 Å². The lowest BCUT2D eigenvalue weighted by Gasteiger charge is -2.04. The molecule has 0 saturated carbocycles. The molecule has 0 spiro atoms. The van der Waals surface area contributed by atoms with Crippen LogP contribution in [0.4, 0.5) is 0 Å². The molecular weight excluding hydrogens is 472 g/mol. The molecule has 2 aromatic heterocycles. The molecule has 0 radical (unpaired) electrons. The molecule has 172 valence electrons. The standard InChI is InChI=1S/C25H20N2O5S2/c1-3-12-27-20-10-9-16(34(2,30)31)13-22(20)33-25(27)26-23(28)19-14-18-17-7-5-4-6-15(17)8-11-21(18)32-24(19)29/h4-11,13-14H,3,12H2,1-2H3. The zero-order valence-corrected chi connectivity index (χ0v) is 20.1. The van der Waals surface area contributed by atoms with Crippen molar-refractivity contribution < 1.29 is 17.6 Å². The molecule has 5 aromatic rings. The molecule has 0 aliphatic heterocycles. The molecule has 0 fully saturated rings. The Morgan fingerprint density at radius 2 is 1.85 bits per heavy atom. The van der Waals surface area contributed by atoms with Crippen molar-refractivity contribution >= 4 is 59.0 Å². The first kappa shape index (κ1) is 22.2. The van der Waals surface area contributed by atoms with E-state index >= 15 is 0 Å². The fourth-order valence-corrected chi connectivity index (χ4v) is 5.79. The summed E-state index contributed by atoms with van der Waals surface area (Å²) in [5.41, 5.74) is 0.277. The normalized spacial score (nSPS) is 12.7. The van der Waals surface area contributed by atoms with Gasteiger partial charge < -0.3 is 8.98 Å². The lowest BCUT2D eigenvalue weighted by atomic mass is 10.0. The van der Waals surface area contributed by atoms with Crippen molar-refractivity contribution in [2.75, 3.05) is 6.26 Å². The topological polar surface area (TPSA) is 98.7 Å². The van der Waals surface area contributed by atoms with E-state index in [1.165, 1.54) is 17.4 Å². The zero-order chi connectivity index (χ0) is 24.0. The van der Waals surface area contributed by atoms with E-state index in [1.54, 1.807) is 24.3 Å². The van der Waals surface area contributed by atoms with Gasteiger partial charge in [0.25, 0.3) is 5.91 Å². The van der Waals surface area contributed by atoms with Crippen LogP contribution in [0.1, 0.15) is 23.7 Å². The highest BCUT2D eigenvalue weighted by molar-refractivity contribution is 7.90. The highest BCUT2D eigenvalue weighted by Crippen LogP contribution is 2.25. The van der Waals surface area contributed by atoms with E-state index in [2.05, 4.69) is 4.99 Å². The van der Waals surface area contributed by atoms with Crippen LogP contribution in [0.2, 0.25) is 0 Å². The molecule has 0 aliphatic rings. The minimum atomic E-state index is -3.37. The van der Waals surface area contributed by atoms with E-state index in [0.29, 0.717) is 27.0 Å². The van der Waals surface area contributed by atoms with Crippen molar-refractivity contribution in [1.82, 2.24) is 4.57 Å². The fraction of sp³-hybridized carbons (Fsp3) is 0.160. The number of fused-ring (bicyclic) bond motifs is 4. The molecule has 3 aromatic carbocycles. The predicted molar refractivity (Wildman–Crippen MR) is 133 cm³/mol. The average molecular weight is 493 g/mol. The molecular formula is C25H20N2O5S2. The number of carbonyl (C=O) groups is 1. The van der Waals surface area contributed by atoms with E-state index in [0.717, 1.165) is 29.0 Å². The molecule has 0 N–H and O–H groups in total. The van der Waals surface area contributed by atoms with Gasteiger partial charge >= 0.3 is 5.63 Å². The van der Waals surface area contributed by atoms with Crippen LogP contribution in [-0.2, 0) is 16.4 Å². The summed E-state index contributed by atoms with van der Waals surface area (Å²) in [6.45, 7) is 2.58. The molecule has 0 atom stereocenters. The molecule has 1 amide bonds. The second-order valence-corrected chi connectivity index (χ2v) is 11.0. The fourth-order valence-electron chi connectivity index (χ4n) is 3.98. The maximum absolute atomic E-state index is 13.1. The van der Waals surface area contributed by atoms with Gasteiger partial charge in [-0.25, -0.2) is 13.2 Å². The van der Waals surface area contributed by atoms with Crippen LogP contribution < -0.4 is 10.4 Å². The van der Waals surface area contributed by atoms with Gasteiger partial charge in [0.15, 0.2) is 14.6 Å². The average Bonchev–Trinajstić information content (AvgIpc) is 3.14. The second-order valence-electron chi connectivity index (χ2n) is 8.00. The van der Waals surface area contributed by atoms with Gasteiger partial charge in [0, 0.05) is 18.2 Å². The third-order valence-electron chi connectivity index (χ3n) is 5.60. The lowest BCUT2D eigenvalue weighted by molar-refractivity contribution is 0.0994. The van der Waals surface area contributed by atoms with Gasteiger partial charge in [-0.05, 0) is 47.5 Å². The Morgan fingerprint density at radius 1 is 1.06 bits per heavy atom. The molecule has 9 heteroatoms. The second kappa shape index (κ2) is 8.34. The van der Waals surface area contributed by atoms with Gasteiger partial charge in [0.05, 0.1) is 15.1 Å². The summed E-state index contributed by atoms with van der Waals surface area (Å²) in [7, 11) is -3.37. The molecule has 0 unspecified atom stereocenters. The lowest BCUT2D eigenvalue weighted by Crippen LogP contribution is -2.19. The van der Waals surface area contributed by atoms with E-state index in [4.69, 9.17) is 4.42 Å². The summed E-state index contributed by atoms with van der Waals surface area (Å²) in [5, 5.41) is 2.49. The van der Waals surface area contributed by atoms with Crippen LogP contribution in [0.3, 0.4) is 0 Å². The van der Waals surface area contributed by atoms with Gasteiger partial charge in [-0.15, -0.1) is 0 Å². The molecule has 5 rings (SSSR count). The quantitative estimate of drug-likeness (QED) is 0.271. The van der Waals surface area contributed by atoms with Crippen LogP contribution >= 0.6 is 11.3 Å². The minimum absolute atomic E-state index is 0.152. The first-order valence-corrected chi connectivity index (χ1v) is 13.3. The van der Waals surface area contributed by atoms with Gasteiger partial charge in [0.2, 0.25) is 0 Å². The van der Waals surface area contributed by atoms with E-state index in [1.807, 2.05) is 41.8 Å². The van der Waals surface area contributed by atoms with Crippen molar-refractivity contribution in [1.29, 1.82) is 0 Å². The maximum Gasteiger partial charge on any atom is 0.349 e. The predicted octanol–water partition coefficient (Wildman–Crippen LogP) is 4.52. The Morgan fingerprint density at radius 3 is 2.62 bits per heavy atom. The third-order valence-corrected chi connectivity index (χ3v) is 7.75. The SMILES string of the molecule is CCCn1c(=NC(=O)c2cc3c(ccc4ccccc43)oc2=O)sc2cc(S(C)(=O)=O)ccc21. The number of aromatic nitrogens is 1. The Hall–Kier alpha value is -3.56. The van der Waals surface area contributed by atoms with Crippen LogP contribution in [0.15, 0.2) is 79.8 Å². The highest BCUT2D eigenvalue weighted by Gasteiger charge is 2.17. The van der Waals surface area contributed by atoms with Crippen LogP contribution in [0, 0.1) is 0 Å². The Balaban J connectivity index is 1.70. The first-order valence-electron chi connectivity index (χ1n) is 10.6. The first-order chi connectivity index (χ1) is 16.3.